The number of benzene rings is 2. The van der Waals surface area contributed by atoms with Gasteiger partial charge in [0.25, 0.3) is 5.91 Å². The zero-order valence-electron chi connectivity index (χ0n) is 13.4. The molecule has 0 unspecified atom stereocenters. The molecule has 0 aliphatic heterocycles. The Bertz CT molecular complexity index is 765. The maximum absolute atomic E-state index is 13.1. The van der Waals surface area contributed by atoms with E-state index in [4.69, 9.17) is 21.1 Å². The molecule has 0 fully saturated rings. The third kappa shape index (κ3) is 5.03. The Morgan fingerprint density at radius 2 is 1.84 bits per heavy atom. The number of ether oxygens (including phenoxy) is 2. The van der Waals surface area contributed by atoms with Crippen molar-refractivity contribution in [1.82, 2.24) is 0 Å². The molecule has 0 bridgehead atoms. The summed E-state index contributed by atoms with van der Waals surface area (Å²) in [5, 5.41) is 2.14. The van der Waals surface area contributed by atoms with E-state index >= 15 is 0 Å². The highest BCUT2D eigenvalue weighted by Crippen LogP contribution is 2.36. The van der Waals surface area contributed by atoms with Gasteiger partial charge in [-0.2, -0.15) is 13.2 Å². The standard InChI is InChI=1S/C17H15ClF3NO3/c1-10(25-13-5-3-4-12(9-13)24-2)16(23)22-15-7-6-11(18)8-14(15)17(19,20)21/h3-10H,1-2H3,(H,22,23)/t10-/m1/s1. The van der Waals surface area contributed by atoms with Gasteiger partial charge in [-0.05, 0) is 37.3 Å². The van der Waals surface area contributed by atoms with Crippen molar-refractivity contribution < 1.29 is 27.4 Å². The summed E-state index contributed by atoms with van der Waals surface area (Å²) in [5.74, 6) is 0.159. The fourth-order valence-electron chi connectivity index (χ4n) is 2.03. The third-order valence-corrected chi connectivity index (χ3v) is 3.50. The molecule has 0 aromatic heterocycles. The van der Waals surface area contributed by atoms with E-state index < -0.39 is 23.8 Å². The number of anilines is 1. The van der Waals surface area contributed by atoms with Crippen molar-refractivity contribution >= 4 is 23.2 Å². The molecule has 25 heavy (non-hydrogen) atoms. The highest BCUT2D eigenvalue weighted by molar-refractivity contribution is 6.30. The first-order valence-electron chi connectivity index (χ1n) is 7.19. The average Bonchev–Trinajstić information content (AvgIpc) is 2.55. The van der Waals surface area contributed by atoms with E-state index in [1.165, 1.54) is 20.1 Å². The fraction of sp³-hybridized carbons (Fsp3) is 0.235. The van der Waals surface area contributed by atoms with Crippen LogP contribution in [0.4, 0.5) is 18.9 Å². The normalized spacial score (nSPS) is 12.4. The summed E-state index contributed by atoms with van der Waals surface area (Å²) in [7, 11) is 1.48. The number of alkyl halides is 3. The topological polar surface area (TPSA) is 47.6 Å². The predicted molar refractivity (Wildman–Crippen MR) is 88.2 cm³/mol. The van der Waals surface area contributed by atoms with E-state index in [2.05, 4.69) is 5.32 Å². The third-order valence-electron chi connectivity index (χ3n) is 3.27. The lowest BCUT2D eigenvalue weighted by molar-refractivity contribution is -0.137. The molecule has 134 valence electrons. The number of amides is 1. The lowest BCUT2D eigenvalue weighted by Crippen LogP contribution is -2.31. The summed E-state index contributed by atoms with van der Waals surface area (Å²) in [4.78, 5) is 12.2. The largest absolute Gasteiger partial charge is 0.497 e. The number of carbonyl (C=O) groups excluding carboxylic acids is 1. The summed E-state index contributed by atoms with van der Waals surface area (Å²) in [6, 6.07) is 9.65. The van der Waals surface area contributed by atoms with Crippen molar-refractivity contribution in [3.05, 3.63) is 53.1 Å². The van der Waals surface area contributed by atoms with Gasteiger partial charge in [0.1, 0.15) is 11.5 Å². The maximum Gasteiger partial charge on any atom is 0.418 e. The van der Waals surface area contributed by atoms with Gasteiger partial charge in [-0.1, -0.05) is 17.7 Å². The van der Waals surface area contributed by atoms with Gasteiger partial charge in [0, 0.05) is 11.1 Å². The van der Waals surface area contributed by atoms with Crippen LogP contribution in [0.15, 0.2) is 42.5 Å². The summed E-state index contributed by atoms with van der Waals surface area (Å²) in [6.45, 7) is 1.43. The van der Waals surface area contributed by atoms with Gasteiger partial charge < -0.3 is 14.8 Å². The second-order valence-electron chi connectivity index (χ2n) is 5.12. The molecule has 1 atom stereocenters. The monoisotopic (exact) mass is 373 g/mol. The van der Waals surface area contributed by atoms with E-state index in [0.29, 0.717) is 11.5 Å². The molecule has 0 saturated carbocycles. The summed E-state index contributed by atoms with van der Waals surface area (Å²) >= 11 is 5.61. The van der Waals surface area contributed by atoms with Gasteiger partial charge in [-0.15, -0.1) is 0 Å². The number of halogens is 4. The maximum atomic E-state index is 13.1. The summed E-state index contributed by atoms with van der Waals surface area (Å²) < 4.78 is 49.6. The first kappa shape index (κ1) is 18.9. The van der Waals surface area contributed by atoms with Crippen molar-refractivity contribution in [2.75, 3.05) is 12.4 Å². The molecule has 1 amide bonds. The number of hydrogen-bond donors (Lipinski definition) is 1. The van der Waals surface area contributed by atoms with E-state index in [0.717, 1.165) is 12.1 Å². The van der Waals surface area contributed by atoms with Crippen LogP contribution in [0.25, 0.3) is 0 Å². The molecule has 0 heterocycles. The Hall–Kier alpha value is -2.41. The second kappa shape index (κ2) is 7.65. The summed E-state index contributed by atoms with van der Waals surface area (Å²) in [5.41, 5.74) is -1.41. The predicted octanol–water partition coefficient (Wildman–Crippen LogP) is 4.77. The zero-order chi connectivity index (χ0) is 18.6. The molecule has 0 aliphatic carbocycles. The molecule has 0 radical (unpaired) electrons. The Labute approximate surface area is 147 Å². The van der Waals surface area contributed by atoms with Crippen LogP contribution in [0, 0.1) is 0 Å². The Morgan fingerprint density at radius 3 is 2.48 bits per heavy atom. The summed E-state index contributed by atoms with van der Waals surface area (Å²) in [6.07, 6.45) is -5.67. The molecule has 1 N–H and O–H groups in total. The number of rotatable bonds is 5. The number of methoxy groups -OCH3 is 1. The molecular formula is C17H15ClF3NO3. The molecule has 8 heteroatoms. The van der Waals surface area contributed by atoms with Crippen LogP contribution in [0.1, 0.15) is 12.5 Å². The molecule has 2 aromatic carbocycles. The molecule has 2 aromatic rings. The Balaban J connectivity index is 2.14. The van der Waals surface area contributed by atoms with Gasteiger partial charge in [-0.25, -0.2) is 0 Å². The van der Waals surface area contributed by atoms with Gasteiger partial charge in [0.15, 0.2) is 6.10 Å². The zero-order valence-corrected chi connectivity index (χ0v) is 14.1. The van der Waals surface area contributed by atoms with Crippen LogP contribution < -0.4 is 14.8 Å². The average molecular weight is 374 g/mol. The van der Waals surface area contributed by atoms with Crippen LogP contribution >= 0.6 is 11.6 Å². The Morgan fingerprint density at radius 1 is 1.16 bits per heavy atom. The minimum absolute atomic E-state index is 0.0778. The van der Waals surface area contributed by atoms with Crippen molar-refractivity contribution in [2.24, 2.45) is 0 Å². The highest BCUT2D eigenvalue weighted by atomic mass is 35.5. The number of carbonyl (C=O) groups is 1. The first-order valence-corrected chi connectivity index (χ1v) is 7.57. The van der Waals surface area contributed by atoms with E-state index in [1.54, 1.807) is 24.3 Å². The van der Waals surface area contributed by atoms with Crippen molar-refractivity contribution in [3.8, 4) is 11.5 Å². The van der Waals surface area contributed by atoms with Crippen molar-refractivity contribution in [1.29, 1.82) is 0 Å². The minimum Gasteiger partial charge on any atom is -0.497 e. The van der Waals surface area contributed by atoms with Crippen LogP contribution in [-0.4, -0.2) is 19.1 Å². The van der Waals surface area contributed by atoms with Crippen LogP contribution in [0.2, 0.25) is 5.02 Å². The number of hydrogen-bond acceptors (Lipinski definition) is 3. The van der Waals surface area contributed by atoms with E-state index in [1.807, 2.05) is 0 Å². The first-order chi connectivity index (χ1) is 11.7. The second-order valence-corrected chi connectivity index (χ2v) is 5.55. The highest BCUT2D eigenvalue weighted by Gasteiger charge is 2.34. The van der Waals surface area contributed by atoms with E-state index in [-0.39, 0.29) is 10.7 Å². The molecule has 2 rings (SSSR count). The van der Waals surface area contributed by atoms with Gasteiger partial charge in [-0.3, -0.25) is 4.79 Å². The van der Waals surface area contributed by atoms with Gasteiger partial charge in [0.05, 0.1) is 18.4 Å². The van der Waals surface area contributed by atoms with Gasteiger partial charge in [0.2, 0.25) is 0 Å². The van der Waals surface area contributed by atoms with Crippen LogP contribution in [0.3, 0.4) is 0 Å². The van der Waals surface area contributed by atoms with Crippen LogP contribution in [-0.2, 0) is 11.0 Å². The fourth-order valence-corrected chi connectivity index (χ4v) is 2.20. The molecular weight excluding hydrogens is 359 g/mol. The lowest BCUT2D eigenvalue weighted by Gasteiger charge is -2.18. The van der Waals surface area contributed by atoms with Crippen molar-refractivity contribution in [3.63, 3.8) is 0 Å². The quantitative estimate of drug-likeness (QED) is 0.821. The van der Waals surface area contributed by atoms with Gasteiger partial charge >= 0.3 is 6.18 Å². The van der Waals surface area contributed by atoms with E-state index in [9.17, 15) is 18.0 Å². The SMILES string of the molecule is COc1cccc(O[C@H](C)C(=O)Nc2ccc(Cl)cc2C(F)(F)F)c1. The smallest absolute Gasteiger partial charge is 0.418 e. The lowest BCUT2D eigenvalue weighted by atomic mass is 10.1. The minimum atomic E-state index is -4.65. The number of nitrogens with one attached hydrogen (secondary N) is 1. The molecule has 4 nitrogen and oxygen atoms in total. The van der Waals surface area contributed by atoms with Crippen LogP contribution in [0.5, 0.6) is 11.5 Å². The molecule has 0 saturated heterocycles. The molecule has 0 aliphatic rings. The Kier molecular flexibility index (Phi) is 5.79. The van der Waals surface area contributed by atoms with Crippen molar-refractivity contribution in [2.45, 2.75) is 19.2 Å². The molecule has 0 spiro atoms.